The lowest BCUT2D eigenvalue weighted by Crippen LogP contribution is -2.12. The zero-order valence-corrected chi connectivity index (χ0v) is 8.70. The van der Waals surface area contributed by atoms with Gasteiger partial charge in [-0.25, -0.2) is 0 Å². The Morgan fingerprint density at radius 3 is 2.12 bits per heavy atom. The van der Waals surface area contributed by atoms with Gasteiger partial charge >= 0.3 is 0 Å². The fourth-order valence-electron chi connectivity index (χ4n) is 0.159. The summed E-state index contributed by atoms with van der Waals surface area (Å²) in [6.45, 7) is 0. The number of rotatable bonds is 2. The maximum Gasteiger partial charge on any atom is 0.115 e. The van der Waals surface area contributed by atoms with Crippen LogP contribution >= 0.6 is 47.8 Å². The molecule has 0 spiro atoms. The summed E-state index contributed by atoms with van der Waals surface area (Å²) in [6.07, 6.45) is 0. The van der Waals surface area contributed by atoms with Gasteiger partial charge in [0.15, 0.2) is 0 Å². The molecular formula is C4H4Br3N. The molecule has 0 unspecified atom stereocenters. The maximum atomic E-state index is 8.29. The second-order valence-corrected chi connectivity index (χ2v) is 4.01. The molecule has 0 aliphatic rings. The number of nitriles is 1. The number of hydrogen-bond acceptors (Lipinski definition) is 1. The van der Waals surface area contributed by atoms with E-state index in [1.54, 1.807) is 0 Å². The average molecular weight is 306 g/mol. The Hall–Kier alpha value is 0.930. The lowest BCUT2D eigenvalue weighted by molar-refractivity contribution is 1.06. The van der Waals surface area contributed by atoms with Crippen LogP contribution in [-0.4, -0.2) is 15.0 Å². The topological polar surface area (TPSA) is 23.8 Å². The van der Waals surface area contributed by atoms with E-state index < -0.39 is 0 Å². The van der Waals surface area contributed by atoms with Crippen molar-refractivity contribution in [2.45, 2.75) is 9.65 Å². The maximum absolute atomic E-state index is 8.29. The minimum absolute atomic E-state index is 0.0955. The third kappa shape index (κ3) is 3.06. The number of alkyl halides is 3. The summed E-state index contributed by atoms with van der Waals surface area (Å²) in [7, 11) is 0. The lowest BCUT2D eigenvalue weighted by atomic mass is 10.4. The molecule has 8 heavy (non-hydrogen) atoms. The molecule has 0 saturated heterocycles. The minimum atomic E-state index is -0.0955. The van der Waals surface area contributed by atoms with Crippen LogP contribution in [0.3, 0.4) is 0 Å². The summed E-state index contributed by atoms with van der Waals surface area (Å²) in [5.41, 5.74) is 0. The first-order valence-electron chi connectivity index (χ1n) is 1.96. The third-order valence-electron chi connectivity index (χ3n) is 0.588. The van der Waals surface area contributed by atoms with Crippen LogP contribution in [0.5, 0.6) is 0 Å². The number of nitrogens with zero attached hydrogens (tertiary/aromatic N) is 1. The van der Waals surface area contributed by atoms with E-state index in [2.05, 4.69) is 53.9 Å². The van der Waals surface area contributed by atoms with E-state index in [4.69, 9.17) is 5.26 Å². The number of hydrogen-bond donors (Lipinski definition) is 0. The molecular weight excluding hydrogens is 302 g/mol. The molecule has 1 nitrogen and oxygen atoms in total. The Morgan fingerprint density at radius 1 is 1.50 bits per heavy atom. The molecule has 0 rings (SSSR count). The van der Waals surface area contributed by atoms with Gasteiger partial charge in [0.25, 0.3) is 0 Å². The monoisotopic (exact) mass is 303 g/mol. The van der Waals surface area contributed by atoms with E-state index in [1.807, 2.05) is 0 Å². The van der Waals surface area contributed by atoms with Gasteiger partial charge in [0.05, 0.1) is 6.07 Å². The van der Waals surface area contributed by atoms with E-state index in [1.165, 1.54) is 0 Å². The molecule has 0 fully saturated rings. The van der Waals surface area contributed by atoms with Crippen molar-refractivity contribution in [3.63, 3.8) is 0 Å². The van der Waals surface area contributed by atoms with Gasteiger partial charge in [-0.1, -0.05) is 47.8 Å². The van der Waals surface area contributed by atoms with Crippen molar-refractivity contribution in [2.24, 2.45) is 0 Å². The smallest absolute Gasteiger partial charge is 0.115 e. The van der Waals surface area contributed by atoms with E-state index >= 15 is 0 Å². The predicted octanol–water partition coefficient (Wildman–Crippen LogP) is 2.43. The molecule has 0 N–H and O–H groups in total. The van der Waals surface area contributed by atoms with Crippen LogP contribution in [0.1, 0.15) is 0 Å². The highest BCUT2D eigenvalue weighted by molar-refractivity contribution is 9.13. The summed E-state index contributed by atoms with van der Waals surface area (Å²) < 4.78 is 0. The van der Waals surface area contributed by atoms with E-state index in [0.29, 0.717) is 0 Å². The first-order chi connectivity index (χ1) is 3.72. The minimum Gasteiger partial charge on any atom is -0.197 e. The average Bonchev–Trinajstić information content (AvgIpc) is 1.84. The molecule has 0 aliphatic heterocycles. The fourth-order valence-corrected chi connectivity index (χ4v) is 1.34. The summed E-state index contributed by atoms with van der Waals surface area (Å²) in [6, 6.07) is 2.06. The summed E-state index contributed by atoms with van der Waals surface area (Å²) >= 11 is 9.68. The van der Waals surface area contributed by atoms with Gasteiger partial charge in [0.1, 0.15) is 4.83 Å². The molecule has 0 radical (unpaired) electrons. The molecule has 0 aromatic heterocycles. The number of halogens is 3. The van der Waals surface area contributed by atoms with Gasteiger partial charge in [-0.15, -0.1) is 0 Å². The lowest BCUT2D eigenvalue weighted by Gasteiger charge is -2.02. The summed E-state index contributed by atoms with van der Waals surface area (Å²) in [4.78, 5) is 0.106. The molecule has 4 heteroatoms. The zero-order chi connectivity index (χ0) is 6.57. The molecule has 0 saturated carbocycles. The van der Waals surface area contributed by atoms with Crippen LogP contribution in [0.25, 0.3) is 0 Å². The van der Waals surface area contributed by atoms with E-state index in [0.717, 1.165) is 5.33 Å². The van der Waals surface area contributed by atoms with Crippen molar-refractivity contribution in [3.05, 3.63) is 0 Å². The van der Waals surface area contributed by atoms with Crippen LogP contribution < -0.4 is 0 Å². The van der Waals surface area contributed by atoms with Gasteiger partial charge in [-0.3, -0.25) is 0 Å². The molecule has 0 bridgehead atoms. The van der Waals surface area contributed by atoms with Crippen LogP contribution in [0.4, 0.5) is 0 Å². The zero-order valence-electron chi connectivity index (χ0n) is 3.94. The van der Waals surface area contributed by atoms with Crippen LogP contribution in [0.2, 0.25) is 0 Å². The largest absolute Gasteiger partial charge is 0.197 e. The molecule has 2 atom stereocenters. The van der Waals surface area contributed by atoms with Gasteiger partial charge in [-0.05, 0) is 0 Å². The molecule has 0 amide bonds. The Balaban J connectivity index is 3.49. The highest BCUT2D eigenvalue weighted by atomic mass is 79.9. The second-order valence-electron chi connectivity index (χ2n) is 1.20. The highest BCUT2D eigenvalue weighted by Crippen LogP contribution is 2.14. The van der Waals surface area contributed by atoms with Crippen molar-refractivity contribution < 1.29 is 0 Å². The van der Waals surface area contributed by atoms with E-state index in [9.17, 15) is 0 Å². The quantitative estimate of drug-likeness (QED) is 0.719. The van der Waals surface area contributed by atoms with Crippen molar-refractivity contribution in [3.8, 4) is 6.07 Å². The van der Waals surface area contributed by atoms with Crippen molar-refractivity contribution in [1.29, 1.82) is 5.26 Å². The first-order valence-corrected chi connectivity index (χ1v) is 4.91. The van der Waals surface area contributed by atoms with Crippen molar-refractivity contribution in [2.75, 3.05) is 5.33 Å². The SMILES string of the molecule is N#C[C@@H](Br)[C@H](Br)CBr. The predicted molar refractivity (Wildman–Crippen MR) is 44.8 cm³/mol. The van der Waals surface area contributed by atoms with E-state index in [-0.39, 0.29) is 9.65 Å². The molecule has 0 heterocycles. The summed E-state index contributed by atoms with van der Waals surface area (Å²) in [5.74, 6) is 0. The van der Waals surface area contributed by atoms with Crippen LogP contribution in [0.15, 0.2) is 0 Å². The Bertz CT molecular complexity index is 97.9. The first kappa shape index (κ1) is 8.93. The Morgan fingerprint density at radius 2 is 2.00 bits per heavy atom. The van der Waals surface area contributed by atoms with Crippen LogP contribution in [0, 0.1) is 11.3 Å². The Labute approximate surface area is 73.8 Å². The standard InChI is InChI=1S/C4H4Br3N/c5-1-3(6)4(7)2-8/h3-4H,1H2/t3-,4-/m1/s1. The normalized spacial score (nSPS) is 16.8. The van der Waals surface area contributed by atoms with Crippen LogP contribution in [-0.2, 0) is 0 Å². The van der Waals surface area contributed by atoms with Gasteiger partial charge < -0.3 is 0 Å². The van der Waals surface area contributed by atoms with Crippen molar-refractivity contribution >= 4 is 47.8 Å². The van der Waals surface area contributed by atoms with Gasteiger partial charge in [0, 0.05) is 10.2 Å². The van der Waals surface area contributed by atoms with Gasteiger partial charge in [0.2, 0.25) is 0 Å². The summed E-state index contributed by atoms with van der Waals surface area (Å²) in [5, 5.41) is 9.08. The van der Waals surface area contributed by atoms with Gasteiger partial charge in [-0.2, -0.15) is 5.26 Å². The molecule has 0 aliphatic carbocycles. The third-order valence-corrected chi connectivity index (χ3v) is 4.56. The molecule has 0 aromatic carbocycles. The second kappa shape index (κ2) is 4.78. The van der Waals surface area contributed by atoms with Crippen molar-refractivity contribution in [1.82, 2.24) is 0 Å². The fraction of sp³-hybridized carbons (Fsp3) is 0.750. The highest BCUT2D eigenvalue weighted by Gasteiger charge is 2.11. The Kier molecular flexibility index (Phi) is 5.33. The molecule has 0 aromatic rings. The molecule has 46 valence electrons.